The number of aliphatic hydroxyl groups excluding tert-OH is 2. The third-order valence-electron chi connectivity index (χ3n) is 5.55. The lowest BCUT2D eigenvalue weighted by Gasteiger charge is -2.29. The Balaban J connectivity index is 1.70. The molecule has 39 heavy (non-hydrogen) atoms. The Hall–Kier alpha value is -3.46. The van der Waals surface area contributed by atoms with Crippen LogP contribution in [-0.4, -0.2) is 76.9 Å². The van der Waals surface area contributed by atoms with Gasteiger partial charge in [0.25, 0.3) is 0 Å². The van der Waals surface area contributed by atoms with Crippen LogP contribution in [0, 0.1) is 0 Å². The second-order valence-electron chi connectivity index (χ2n) is 8.46. The van der Waals surface area contributed by atoms with E-state index in [4.69, 9.17) is 27.9 Å². The fourth-order valence-corrected chi connectivity index (χ4v) is 4.07. The molecule has 0 saturated heterocycles. The van der Waals surface area contributed by atoms with Gasteiger partial charge in [-0.15, -0.1) is 5.10 Å². The van der Waals surface area contributed by atoms with E-state index in [1.54, 1.807) is 6.92 Å². The highest BCUT2D eigenvalue weighted by molar-refractivity contribution is 6.32. The van der Waals surface area contributed by atoms with Crippen molar-refractivity contribution in [1.29, 1.82) is 0 Å². The van der Waals surface area contributed by atoms with E-state index in [0.717, 1.165) is 9.91 Å². The lowest BCUT2D eigenvalue weighted by molar-refractivity contribution is -0.212. The number of ether oxygens (including phenoxy) is 1. The Morgan fingerprint density at radius 1 is 1.21 bits per heavy atom. The first-order valence-corrected chi connectivity index (χ1v) is 12.1. The van der Waals surface area contributed by atoms with E-state index in [1.807, 2.05) is 0 Å². The molecule has 16 heteroatoms. The van der Waals surface area contributed by atoms with Gasteiger partial charge in [0.2, 0.25) is 6.35 Å². The van der Waals surface area contributed by atoms with Crippen molar-refractivity contribution in [2.75, 3.05) is 6.54 Å². The molecule has 1 unspecified atom stereocenters. The van der Waals surface area contributed by atoms with Crippen LogP contribution in [0.25, 0.3) is 5.69 Å². The quantitative estimate of drug-likeness (QED) is 0.381. The number of alkyl halides is 3. The number of aromatic nitrogens is 4. The van der Waals surface area contributed by atoms with Gasteiger partial charge in [-0.3, -0.25) is 9.78 Å². The monoisotopic (exact) mass is 587 g/mol. The van der Waals surface area contributed by atoms with Crippen LogP contribution < -0.4 is 0 Å². The van der Waals surface area contributed by atoms with Crippen molar-refractivity contribution in [1.82, 2.24) is 29.7 Å². The average Bonchev–Trinajstić information content (AvgIpc) is 3.41. The van der Waals surface area contributed by atoms with Gasteiger partial charge in [0, 0.05) is 23.7 Å². The van der Waals surface area contributed by atoms with Crippen LogP contribution in [0.2, 0.25) is 10.0 Å². The van der Waals surface area contributed by atoms with Gasteiger partial charge in [0.05, 0.1) is 17.8 Å². The Morgan fingerprint density at radius 2 is 1.90 bits per heavy atom. The Bertz CT molecular complexity index is 1370. The van der Waals surface area contributed by atoms with E-state index in [2.05, 4.69) is 20.2 Å². The van der Waals surface area contributed by atoms with Crippen molar-refractivity contribution in [2.45, 2.75) is 45.1 Å². The van der Waals surface area contributed by atoms with Crippen molar-refractivity contribution >= 4 is 35.0 Å². The minimum Gasteiger partial charge on any atom is -0.455 e. The largest absolute Gasteiger partial charge is 0.455 e. The van der Waals surface area contributed by atoms with Gasteiger partial charge in [-0.05, 0) is 37.3 Å². The lowest BCUT2D eigenvalue weighted by Crippen LogP contribution is -2.49. The molecule has 11 nitrogen and oxygen atoms in total. The number of rotatable bonds is 8. The maximum atomic E-state index is 13.2. The Kier molecular flexibility index (Phi) is 8.30. The molecule has 0 amide bonds. The van der Waals surface area contributed by atoms with Crippen molar-refractivity contribution in [3.05, 3.63) is 70.0 Å². The molecule has 208 valence electrons. The lowest BCUT2D eigenvalue weighted by atomic mass is 10.2. The summed E-state index contributed by atoms with van der Waals surface area (Å²) in [6.45, 7) is 1.52. The molecule has 2 aromatic heterocycles. The Labute approximate surface area is 230 Å². The van der Waals surface area contributed by atoms with Gasteiger partial charge >= 0.3 is 12.1 Å². The molecule has 3 atom stereocenters. The van der Waals surface area contributed by atoms with Gasteiger partial charge in [-0.2, -0.15) is 18.3 Å². The molecule has 0 aliphatic carbocycles. The predicted molar refractivity (Wildman–Crippen MR) is 133 cm³/mol. The highest BCUT2D eigenvalue weighted by atomic mass is 35.5. The highest BCUT2D eigenvalue weighted by Crippen LogP contribution is 2.28. The van der Waals surface area contributed by atoms with E-state index in [0.29, 0.717) is 16.3 Å². The molecular formula is C23H22Cl2F3N7O4. The van der Waals surface area contributed by atoms with Crippen LogP contribution in [0.15, 0.2) is 47.8 Å². The number of esters is 1. The average molecular weight is 588 g/mol. The third-order valence-corrected chi connectivity index (χ3v) is 6.12. The zero-order valence-corrected chi connectivity index (χ0v) is 21.9. The maximum absolute atomic E-state index is 13.2. The number of amidine groups is 1. The topological polar surface area (TPSA) is 129 Å². The highest BCUT2D eigenvalue weighted by Gasteiger charge is 2.43. The minimum absolute atomic E-state index is 0.0364. The molecule has 0 bridgehead atoms. The van der Waals surface area contributed by atoms with Crippen LogP contribution in [0.5, 0.6) is 0 Å². The molecule has 1 aromatic carbocycles. The molecular weight excluding hydrogens is 566 g/mol. The number of benzene rings is 1. The molecule has 0 saturated carbocycles. The number of hydrogen-bond acceptors (Lipinski definition) is 10. The number of hydrazone groups is 1. The summed E-state index contributed by atoms with van der Waals surface area (Å²) in [4.78, 5) is 20.9. The molecule has 3 heterocycles. The second-order valence-corrected chi connectivity index (χ2v) is 9.30. The second kappa shape index (κ2) is 11.3. The molecule has 0 radical (unpaired) electrons. The summed E-state index contributed by atoms with van der Waals surface area (Å²) in [6.07, 6.45) is -7.37. The number of aliphatic hydroxyl groups is 2. The molecule has 2 N–H and O–H groups in total. The normalized spacial score (nSPS) is 17.3. The smallest absolute Gasteiger partial charge is 0.416 e. The fraction of sp³-hybridized carbons (Fsp3) is 0.348. The molecule has 3 aromatic rings. The van der Waals surface area contributed by atoms with Crippen LogP contribution in [0.3, 0.4) is 0 Å². The fourth-order valence-electron chi connectivity index (χ4n) is 3.76. The van der Waals surface area contributed by atoms with Crippen molar-refractivity contribution in [3.63, 3.8) is 0 Å². The Morgan fingerprint density at radius 3 is 2.51 bits per heavy atom. The number of halogens is 5. The summed E-state index contributed by atoms with van der Waals surface area (Å²) >= 11 is 12.2. The van der Waals surface area contributed by atoms with E-state index in [9.17, 15) is 28.2 Å². The first-order chi connectivity index (χ1) is 18.3. The van der Waals surface area contributed by atoms with Crippen LogP contribution in [0.1, 0.15) is 37.2 Å². The van der Waals surface area contributed by atoms with Crippen LogP contribution in [-0.2, 0) is 16.1 Å². The zero-order chi connectivity index (χ0) is 28.5. The molecule has 0 fully saturated rings. The minimum atomic E-state index is -4.93. The van der Waals surface area contributed by atoms with Gasteiger partial charge in [-0.25, -0.2) is 14.7 Å². The summed E-state index contributed by atoms with van der Waals surface area (Å²) < 4.78 is 46.0. The first-order valence-electron chi connectivity index (χ1n) is 11.4. The van der Waals surface area contributed by atoms with Gasteiger partial charge in [0.1, 0.15) is 12.2 Å². The summed E-state index contributed by atoms with van der Waals surface area (Å²) in [6, 6.07) is 7.57. The van der Waals surface area contributed by atoms with Crippen molar-refractivity contribution < 1.29 is 32.9 Å². The number of hydrogen-bond donors (Lipinski definition) is 2. The number of pyridine rings is 1. The van der Waals surface area contributed by atoms with E-state index in [1.165, 1.54) is 54.3 Å². The maximum Gasteiger partial charge on any atom is 0.416 e. The molecule has 0 spiro atoms. The summed E-state index contributed by atoms with van der Waals surface area (Å²) in [5.41, 5.74) is 0.675. The summed E-state index contributed by atoms with van der Waals surface area (Å²) in [5, 5.41) is 31.1. The van der Waals surface area contributed by atoms with E-state index >= 15 is 0 Å². The summed E-state index contributed by atoms with van der Waals surface area (Å²) in [7, 11) is 0. The van der Waals surface area contributed by atoms with E-state index < -0.39 is 37.3 Å². The van der Waals surface area contributed by atoms with Gasteiger partial charge < -0.3 is 19.8 Å². The molecule has 1 aliphatic heterocycles. The number of carbonyl (C=O) groups is 1. The molecule has 1 aliphatic rings. The third kappa shape index (κ3) is 6.41. The SMILES string of the molecule is CC(=O)O[C@@H](C)c1nc(CN2N=C(c3ccc(Cl)cc3)N(C[C@H](O)C(F)(F)F)C2O)nn1-c1cnccc1Cl. The number of nitrogens with zero attached hydrogens (tertiary/aromatic N) is 7. The van der Waals surface area contributed by atoms with Gasteiger partial charge in [0.15, 0.2) is 29.7 Å². The molecule has 4 rings (SSSR count). The van der Waals surface area contributed by atoms with Crippen LogP contribution in [0.4, 0.5) is 13.2 Å². The van der Waals surface area contributed by atoms with Crippen LogP contribution >= 0.6 is 23.2 Å². The van der Waals surface area contributed by atoms with Crippen molar-refractivity contribution in [3.8, 4) is 5.69 Å². The summed E-state index contributed by atoms with van der Waals surface area (Å²) in [5.74, 6) is -0.358. The standard InChI is InChI=1S/C23H22Cl2F3N7O4/c1-12(39-13(2)36)20-30-19(31-35(20)17-9-29-8-7-16(17)25)11-34-22(38)33(10-18(37)23(26,27)28)21(32-34)14-3-5-15(24)6-4-14/h3-9,12,18,22,37-38H,10-11H2,1-2H3/t12-,18-,22?/m0/s1. The van der Waals surface area contributed by atoms with E-state index in [-0.39, 0.29) is 29.1 Å². The predicted octanol–water partition coefficient (Wildman–Crippen LogP) is 3.27. The van der Waals surface area contributed by atoms with Gasteiger partial charge in [-0.1, -0.05) is 23.2 Å². The zero-order valence-electron chi connectivity index (χ0n) is 20.4. The first kappa shape index (κ1) is 28.5. The number of carbonyl (C=O) groups excluding carboxylic acids is 1. The van der Waals surface area contributed by atoms with Crippen molar-refractivity contribution in [2.24, 2.45) is 5.10 Å². The number of β-amino-alcohol motifs (C(OH)–C–C–N with tert-alkyl or cyclic N) is 1.